The molecule has 108 valence electrons. The number of imidazole rings is 1. The molecule has 6 nitrogen and oxygen atoms in total. The summed E-state index contributed by atoms with van der Waals surface area (Å²) in [6.07, 6.45) is 0. The Morgan fingerprint density at radius 3 is 2.29 bits per heavy atom. The normalized spacial score (nSPS) is 11.7. The average molecular weight is 303 g/mol. The molecule has 0 bridgehead atoms. The molecule has 21 heavy (non-hydrogen) atoms. The van der Waals surface area contributed by atoms with E-state index < -0.39 is 10.0 Å². The zero-order chi connectivity index (χ0) is 15.0. The van der Waals surface area contributed by atoms with Crippen LogP contribution in [0, 0.1) is 6.92 Å². The fraction of sp³-hybridized carbons (Fsp3) is 0.0714. The third-order valence-electron chi connectivity index (χ3n) is 3.13. The van der Waals surface area contributed by atoms with Crippen molar-refractivity contribution in [2.24, 2.45) is 0 Å². The number of aromatic nitrogens is 2. The van der Waals surface area contributed by atoms with Crippen molar-refractivity contribution < 1.29 is 8.42 Å². The Bertz CT molecular complexity index is 956. The highest BCUT2D eigenvalue weighted by Crippen LogP contribution is 2.22. The molecule has 0 spiro atoms. The van der Waals surface area contributed by atoms with Crippen molar-refractivity contribution in [3.05, 3.63) is 58.5 Å². The van der Waals surface area contributed by atoms with Gasteiger partial charge in [-0.2, -0.15) is 0 Å². The molecule has 3 N–H and O–H groups in total. The van der Waals surface area contributed by atoms with Crippen LogP contribution in [0.2, 0.25) is 0 Å². The number of rotatable bonds is 3. The van der Waals surface area contributed by atoms with Gasteiger partial charge in [-0.3, -0.25) is 4.72 Å². The van der Waals surface area contributed by atoms with Crippen molar-refractivity contribution in [1.29, 1.82) is 0 Å². The van der Waals surface area contributed by atoms with Gasteiger partial charge in [0.2, 0.25) is 0 Å². The van der Waals surface area contributed by atoms with Gasteiger partial charge in [0, 0.05) is 5.69 Å². The standard InChI is InChI=1S/C14H13N3O3S/c1-9-7-11-12(16-14(18)15-11)8-13(9)21(19,20)17-10-5-3-2-4-6-10/h2-8,17H,1H3,(H2,15,16,18). The van der Waals surface area contributed by atoms with Crippen LogP contribution in [0.3, 0.4) is 0 Å². The summed E-state index contributed by atoms with van der Waals surface area (Å²) in [5.41, 5.74) is 1.71. The molecule has 3 aromatic rings. The third kappa shape index (κ3) is 2.55. The molecule has 0 unspecified atom stereocenters. The number of nitrogens with one attached hydrogen (secondary N) is 3. The summed E-state index contributed by atoms with van der Waals surface area (Å²) in [6, 6.07) is 11.7. The maximum absolute atomic E-state index is 12.5. The lowest BCUT2D eigenvalue weighted by Crippen LogP contribution is -2.14. The van der Waals surface area contributed by atoms with Crippen LogP contribution >= 0.6 is 0 Å². The molecule has 0 radical (unpaired) electrons. The van der Waals surface area contributed by atoms with Gasteiger partial charge in [-0.25, -0.2) is 13.2 Å². The first kappa shape index (κ1) is 13.4. The maximum atomic E-state index is 12.5. The highest BCUT2D eigenvalue weighted by molar-refractivity contribution is 7.92. The molecule has 0 aliphatic heterocycles. The molecular weight excluding hydrogens is 290 g/mol. The average Bonchev–Trinajstić information content (AvgIpc) is 2.77. The summed E-state index contributed by atoms with van der Waals surface area (Å²) in [5, 5.41) is 0. The molecule has 0 saturated carbocycles. The first-order valence-corrected chi connectivity index (χ1v) is 7.74. The minimum atomic E-state index is -3.71. The van der Waals surface area contributed by atoms with Crippen LogP contribution < -0.4 is 10.4 Å². The van der Waals surface area contributed by atoms with Crippen LogP contribution in [0.4, 0.5) is 5.69 Å². The first-order valence-electron chi connectivity index (χ1n) is 6.26. The predicted octanol–water partition coefficient (Wildman–Crippen LogP) is 1.97. The van der Waals surface area contributed by atoms with E-state index in [9.17, 15) is 13.2 Å². The van der Waals surface area contributed by atoms with E-state index >= 15 is 0 Å². The van der Waals surface area contributed by atoms with E-state index in [1.807, 2.05) is 0 Å². The molecule has 0 aliphatic rings. The van der Waals surface area contributed by atoms with E-state index in [0.717, 1.165) is 0 Å². The SMILES string of the molecule is Cc1cc2[nH]c(=O)[nH]c2cc1S(=O)(=O)Nc1ccccc1. The van der Waals surface area contributed by atoms with Gasteiger partial charge in [0.05, 0.1) is 15.9 Å². The van der Waals surface area contributed by atoms with Crippen molar-refractivity contribution in [3.8, 4) is 0 Å². The largest absolute Gasteiger partial charge is 0.323 e. The smallest absolute Gasteiger partial charge is 0.306 e. The number of aryl methyl sites for hydroxylation is 1. The number of H-pyrrole nitrogens is 2. The molecule has 1 heterocycles. The number of hydrogen-bond acceptors (Lipinski definition) is 3. The summed E-state index contributed by atoms with van der Waals surface area (Å²) < 4.78 is 27.4. The Morgan fingerprint density at radius 2 is 1.62 bits per heavy atom. The van der Waals surface area contributed by atoms with E-state index in [1.165, 1.54) is 6.07 Å². The molecule has 3 rings (SSSR count). The van der Waals surface area contributed by atoms with Crippen LogP contribution in [0.1, 0.15) is 5.56 Å². The summed E-state index contributed by atoms with van der Waals surface area (Å²) in [7, 11) is -3.71. The minimum absolute atomic E-state index is 0.133. The summed E-state index contributed by atoms with van der Waals surface area (Å²) in [4.78, 5) is 16.6. The van der Waals surface area contributed by atoms with Gasteiger partial charge in [-0.05, 0) is 36.8 Å². The van der Waals surface area contributed by atoms with Crippen molar-refractivity contribution in [2.75, 3.05) is 4.72 Å². The van der Waals surface area contributed by atoms with Gasteiger partial charge in [-0.15, -0.1) is 0 Å². The highest BCUT2D eigenvalue weighted by Gasteiger charge is 2.18. The van der Waals surface area contributed by atoms with Crippen LogP contribution in [0.25, 0.3) is 11.0 Å². The van der Waals surface area contributed by atoms with Gasteiger partial charge in [0.25, 0.3) is 10.0 Å². The second kappa shape index (κ2) is 4.78. The highest BCUT2D eigenvalue weighted by atomic mass is 32.2. The number of anilines is 1. The molecule has 2 aromatic carbocycles. The van der Waals surface area contributed by atoms with Gasteiger partial charge < -0.3 is 9.97 Å². The van der Waals surface area contributed by atoms with E-state index in [4.69, 9.17) is 0 Å². The van der Waals surface area contributed by atoms with E-state index in [0.29, 0.717) is 22.3 Å². The van der Waals surface area contributed by atoms with E-state index in [2.05, 4.69) is 14.7 Å². The number of aromatic amines is 2. The van der Waals surface area contributed by atoms with E-state index in [1.54, 1.807) is 43.3 Å². The molecule has 0 fully saturated rings. The van der Waals surface area contributed by atoms with Crippen molar-refractivity contribution in [1.82, 2.24) is 9.97 Å². The zero-order valence-electron chi connectivity index (χ0n) is 11.2. The first-order chi connectivity index (χ1) is 9.95. The zero-order valence-corrected chi connectivity index (χ0v) is 12.0. The Hall–Kier alpha value is -2.54. The van der Waals surface area contributed by atoms with Crippen molar-refractivity contribution in [2.45, 2.75) is 11.8 Å². The third-order valence-corrected chi connectivity index (χ3v) is 4.65. The molecular formula is C14H13N3O3S. The monoisotopic (exact) mass is 303 g/mol. The Balaban J connectivity index is 2.10. The predicted molar refractivity (Wildman–Crippen MR) is 80.9 cm³/mol. The summed E-state index contributed by atoms with van der Waals surface area (Å²) in [6.45, 7) is 1.68. The molecule has 0 atom stereocenters. The van der Waals surface area contributed by atoms with Gasteiger partial charge >= 0.3 is 5.69 Å². The molecule has 0 amide bonds. The second-order valence-electron chi connectivity index (χ2n) is 4.71. The molecule has 0 saturated heterocycles. The van der Waals surface area contributed by atoms with Gasteiger partial charge in [0.1, 0.15) is 0 Å². The summed E-state index contributed by atoms with van der Waals surface area (Å²) in [5.74, 6) is 0. The van der Waals surface area contributed by atoms with Gasteiger partial charge in [0.15, 0.2) is 0 Å². The Kier molecular flexibility index (Phi) is 3.06. The topological polar surface area (TPSA) is 94.8 Å². The lowest BCUT2D eigenvalue weighted by Gasteiger charge is -2.10. The fourth-order valence-corrected chi connectivity index (χ4v) is 3.49. The van der Waals surface area contributed by atoms with Crippen LogP contribution in [0.5, 0.6) is 0 Å². The van der Waals surface area contributed by atoms with Crippen molar-refractivity contribution >= 4 is 26.7 Å². The molecule has 1 aromatic heterocycles. The minimum Gasteiger partial charge on any atom is -0.306 e. The van der Waals surface area contributed by atoms with Gasteiger partial charge in [-0.1, -0.05) is 18.2 Å². The van der Waals surface area contributed by atoms with Crippen LogP contribution in [-0.4, -0.2) is 18.4 Å². The number of para-hydroxylation sites is 1. The Labute approximate surface area is 120 Å². The second-order valence-corrected chi connectivity index (χ2v) is 6.36. The maximum Gasteiger partial charge on any atom is 0.323 e. The Morgan fingerprint density at radius 1 is 1.00 bits per heavy atom. The van der Waals surface area contributed by atoms with Crippen LogP contribution in [-0.2, 0) is 10.0 Å². The summed E-state index contributed by atoms with van der Waals surface area (Å²) >= 11 is 0. The lowest BCUT2D eigenvalue weighted by atomic mass is 10.2. The number of sulfonamides is 1. The quantitative estimate of drug-likeness (QED) is 0.690. The van der Waals surface area contributed by atoms with Crippen LogP contribution in [0.15, 0.2) is 52.2 Å². The number of benzene rings is 2. The van der Waals surface area contributed by atoms with E-state index in [-0.39, 0.29) is 10.6 Å². The number of hydrogen-bond donors (Lipinski definition) is 3. The molecule has 7 heteroatoms. The molecule has 0 aliphatic carbocycles. The van der Waals surface area contributed by atoms with Crippen molar-refractivity contribution in [3.63, 3.8) is 0 Å². The fourth-order valence-electron chi connectivity index (χ4n) is 2.18. The lowest BCUT2D eigenvalue weighted by molar-refractivity contribution is 0.601. The number of fused-ring (bicyclic) bond motifs is 1.